The number of rotatable bonds is 4. The molecule has 3 fully saturated rings. The predicted molar refractivity (Wildman–Crippen MR) is 58.4 cm³/mol. The number of hydrogen-bond acceptors (Lipinski definition) is 4. The minimum absolute atomic E-state index is 0.0736. The van der Waals surface area contributed by atoms with E-state index in [0.717, 1.165) is 19.3 Å². The largest absolute Gasteiger partial charge is 0.301 e. The first-order chi connectivity index (χ1) is 8.13. The van der Waals surface area contributed by atoms with E-state index in [9.17, 15) is 14.9 Å². The molecule has 2 saturated carbocycles. The van der Waals surface area contributed by atoms with Crippen LogP contribution in [0.3, 0.4) is 0 Å². The maximum atomic E-state index is 11.9. The van der Waals surface area contributed by atoms with Gasteiger partial charge in [0.15, 0.2) is 0 Å². The molecule has 3 atom stereocenters. The summed E-state index contributed by atoms with van der Waals surface area (Å²) in [6, 6.07) is 2.27. The summed E-state index contributed by atoms with van der Waals surface area (Å²) in [5, 5.41) is 12.4. The summed E-state index contributed by atoms with van der Waals surface area (Å²) in [4.78, 5) is 25.1. The minimum atomic E-state index is -0.734. The highest BCUT2D eigenvalue weighted by molar-refractivity contribution is 6.08. The standard InChI is InChI=1S/C12H15N3O2/c1-14-12(5-13,7-2-3-7)6-15-10(16)8-4-9(8)11(15)17/h7-9,14H,2-4,6H2,1H3. The van der Waals surface area contributed by atoms with Crippen LogP contribution in [0, 0.1) is 29.1 Å². The summed E-state index contributed by atoms with van der Waals surface area (Å²) < 4.78 is 0. The second-order valence-electron chi connectivity index (χ2n) is 5.32. The normalized spacial score (nSPS) is 34.2. The van der Waals surface area contributed by atoms with Gasteiger partial charge in [0.2, 0.25) is 11.8 Å². The molecule has 1 aliphatic heterocycles. The zero-order valence-corrected chi connectivity index (χ0v) is 9.77. The molecule has 3 unspecified atom stereocenters. The Kier molecular flexibility index (Phi) is 2.08. The zero-order chi connectivity index (χ0) is 12.2. The average Bonchev–Trinajstić information content (AvgIpc) is 3.19. The number of hydrogen-bond donors (Lipinski definition) is 1. The zero-order valence-electron chi connectivity index (χ0n) is 9.77. The van der Waals surface area contributed by atoms with Crippen molar-refractivity contribution in [3.63, 3.8) is 0 Å². The van der Waals surface area contributed by atoms with Crippen LogP contribution in [-0.2, 0) is 9.59 Å². The van der Waals surface area contributed by atoms with E-state index in [1.165, 1.54) is 4.90 Å². The van der Waals surface area contributed by atoms with Gasteiger partial charge in [0.05, 0.1) is 24.4 Å². The summed E-state index contributed by atoms with van der Waals surface area (Å²) in [6.07, 6.45) is 2.71. The van der Waals surface area contributed by atoms with E-state index in [1.54, 1.807) is 7.05 Å². The van der Waals surface area contributed by atoms with Crippen molar-refractivity contribution in [1.82, 2.24) is 10.2 Å². The van der Waals surface area contributed by atoms with Crippen LogP contribution in [0.1, 0.15) is 19.3 Å². The van der Waals surface area contributed by atoms with Gasteiger partial charge in [0, 0.05) is 0 Å². The Morgan fingerprint density at radius 2 is 2.00 bits per heavy atom. The molecule has 90 valence electrons. The highest BCUT2D eigenvalue weighted by atomic mass is 16.2. The molecule has 0 aromatic rings. The number of nitrogens with one attached hydrogen (secondary N) is 1. The van der Waals surface area contributed by atoms with Crippen LogP contribution < -0.4 is 5.32 Å². The van der Waals surface area contributed by atoms with E-state index in [0.29, 0.717) is 0 Å². The van der Waals surface area contributed by atoms with Crippen molar-refractivity contribution < 1.29 is 9.59 Å². The van der Waals surface area contributed by atoms with Crippen LogP contribution in [-0.4, -0.2) is 35.8 Å². The molecular weight excluding hydrogens is 218 g/mol. The molecule has 0 spiro atoms. The number of nitriles is 1. The summed E-state index contributed by atoms with van der Waals surface area (Å²) in [7, 11) is 1.73. The fraction of sp³-hybridized carbons (Fsp3) is 0.750. The number of carbonyl (C=O) groups is 2. The number of likely N-dealkylation sites (tertiary alicyclic amines) is 1. The maximum absolute atomic E-state index is 11.9. The van der Waals surface area contributed by atoms with E-state index < -0.39 is 5.54 Å². The highest BCUT2D eigenvalue weighted by Gasteiger charge is 2.60. The lowest BCUT2D eigenvalue weighted by atomic mass is 9.94. The van der Waals surface area contributed by atoms with Crippen molar-refractivity contribution in [3.05, 3.63) is 0 Å². The van der Waals surface area contributed by atoms with E-state index in [2.05, 4.69) is 11.4 Å². The molecule has 2 aliphatic carbocycles. The van der Waals surface area contributed by atoms with Crippen LogP contribution in [0.2, 0.25) is 0 Å². The Labute approximate surface area is 99.8 Å². The molecule has 0 radical (unpaired) electrons. The summed E-state index contributed by atoms with van der Waals surface area (Å²) in [6.45, 7) is 0.218. The third kappa shape index (κ3) is 1.40. The Balaban J connectivity index is 1.80. The van der Waals surface area contributed by atoms with Crippen molar-refractivity contribution in [2.45, 2.75) is 24.8 Å². The Morgan fingerprint density at radius 1 is 1.41 bits per heavy atom. The van der Waals surface area contributed by atoms with Gasteiger partial charge in [-0.15, -0.1) is 0 Å². The fourth-order valence-corrected chi connectivity index (χ4v) is 2.83. The van der Waals surface area contributed by atoms with E-state index >= 15 is 0 Å². The number of amides is 2. The SMILES string of the molecule is CNC(C#N)(CN1C(=O)C2CC2C1=O)C1CC1. The molecule has 1 heterocycles. The Bertz CT molecular complexity index is 418. The topological polar surface area (TPSA) is 73.2 Å². The molecule has 1 saturated heterocycles. The summed E-state index contributed by atoms with van der Waals surface area (Å²) in [5.41, 5.74) is -0.734. The van der Waals surface area contributed by atoms with Gasteiger partial charge >= 0.3 is 0 Å². The smallest absolute Gasteiger partial charge is 0.233 e. The Hall–Kier alpha value is -1.41. The van der Waals surface area contributed by atoms with Gasteiger partial charge in [-0.1, -0.05) is 0 Å². The minimum Gasteiger partial charge on any atom is -0.301 e. The summed E-state index contributed by atoms with van der Waals surface area (Å²) in [5.74, 6) is -0.0222. The third-order valence-corrected chi connectivity index (χ3v) is 4.28. The molecule has 5 heteroatoms. The number of imide groups is 1. The van der Waals surface area contributed by atoms with Crippen molar-refractivity contribution >= 4 is 11.8 Å². The van der Waals surface area contributed by atoms with Crippen molar-refractivity contribution in [2.24, 2.45) is 17.8 Å². The van der Waals surface area contributed by atoms with Crippen molar-refractivity contribution in [2.75, 3.05) is 13.6 Å². The lowest BCUT2D eigenvalue weighted by molar-refractivity contribution is -0.142. The van der Waals surface area contributed by atoms with Gasteiger partial charge in [0.25, 0.3) is 0 Å². The monoisotopic (exact) mass is 233 g/mol. The highest BCUT2D eigenvalue weighted by Crippen LogP contribution is 2.48. The number of nitrogens with zero attached hydrogens (tertiary/aromatic N) is 2. The van der Waals surface area contributed by atoms with Crippen LogP contribution in [0.5, 0.6) is 0 Å². The van der Waals surface area contributed by atoms with Gasteiger partial charge in [-0.25, -0.2) is 0 Å². The number of carbonyl (C=O) groups excluding carboxylic acids is 2. The van der Waals surface area contributed by atoms with E-state index in [1.807, 2.05) is 0 Å². The first kappa shape index (κ1) is 10.7. The van der Waals surface area contributed by atoms with Gasteiger partial charge in [-0.05, 0) is 32.2 Å². The number of piperidine rings is 1. The molecule has 2 amide bonds. The lowest BCUT2D eigenvalue weighted by Gasteiger charge is -2.30. The molecular formula is C12H15N3O2. The van der Waals surface area contributed by atoms with Gasteiger partial charge in [-0.2, -0.15) is 5.26 Å². The molecule has 0 bridgehead atoms. The molecule has 0 aromatic heterocycles. The first-order valence-corrected chi connectivity index (χ1v) is 6.08. The molecule has 1 N–H and O–H groups in total. The van der Waals surface area contributed by atoms with Crippen LogP contribution >= 0.6 is 0 Å². The third-order valence-electron chi connectivity index (χ3n) is 4.28. The van der Waals surface area contributed by atoms with E-state index in [-0.39, 0.29) is 36.1 Å². The molecule has 5 nitrogen and oxygen atoms in total. The molecule has 0 aromatic carbocycles. The maximum Gasteiger partial charge on any atom is 0.233 e. The predicted octanol–water partition coefficient (Wildman–Crippen LogP) is -0.117. The van der Waals surface area contributed by atoms with Crippen LogP contribution in [0.4, 0.5) is 0 Å². The number of likely N-dealkylation sites (N-methyl/N-ethyl adjacent to an activating group) is 1. The molecule has 3 rings (SSSR count). The fourth-order valence-electron chi connectivity index (χ4n) is 2.83. The second-order valence-corrected chi connectivity index (χ2v) is 5.32. The van der Waals surface area contributed by atoms with Crippen LogP contribution in [0.25, 0.3) is 0 Å². The number of fused-ring (bicyclic) bond motifs is 1. The average molecular weight is 233 g/mol. The van der Waals surface area contributed by atoms with Crippen LogP contribution in [0.15, 0.2) is 0 Å². The quantitative estimate of drug-likeness (QED) is 0.687. The van der Waals surface area contributed by atoms with Gasteiger partial charge in [-0.3, -0.25) is 14.5 Å². The van der Waals surface area contributed by atoms with Crippen molar-refractivity contribution in [3.8, 4) is 6.07 Å². The van der Waals surface area contributed by atoms with E-state index in [4.69, 9.17) is 0 Å². The lowest BCUT2D eigenvalue weighted by Crippen LogP contribution is -2.54. The first-order valence-electron chi connectivity index (χ1n) is 6.08. The van der Waals surface area contributed by atoms with Crippen molar-refractivity contribution in [1.29, 1.82) is 5.26 Å². The Morgan fingerprint density at radius 3 is 2.41 bits per heavy atom. The molecule has 17 heavy (non-hydrogen) atoms. The summed E-state index contributed by atoms with van der Waals surface area (Å²) >= 11 is 0. The van der Waals surface area contributed by atoms with Gasteiger partial charge < -0.3 is 5.32 Å². The molecule has 3 aliphatic rings. The van der Waals surface area contributed by atoms with Gasteiger partial charge in [0.1, 0.15) is 5.54 Å². The second kappa shape index (κ2) is 3.30.